The van der Waals surface area contributed by atoms with Gasteiger partial charge >= 0.3 is 5.97 Å². The second kappa shape index (κ2) is 6.44. The molecule has 0 aliphatic heterocycles. The lowest BCUT2D eigenvalue weighted by molar-refractivity contribution is -0.118. The summed E-state index contributed by atoms with van der Waals surface area (Å²) in [5.74, 6) is -1.25. The zero-order valence-electron chi connectivity index (χ0n) is 11.6. The second-order valence-electron chi connectivity index (χ2n) is 4.27. The van der Waals surface area contributed by atoms with Gasteiger partial charge in [0, 0.05) is 0 Å². The van der Waals surface area contributed by atoms with E-state index in [0.717, 1.165) is 7.11 Å². The molecule has 2 rings (SSSR count). The highest BCUT2D eigenvalue weighted by atomic mass is 32.2. The first-order valence-corrected chi connectivity index (χ1v) is 7.67. The molecule has 0 unspecified atom stereocenters. The van der Waals surface area contributed by atoms with Gasteiger partial charge in [0.2, 0.25) is 5.91 Å². The zero-order valence-corrected chi connectivity index (χ0v) is 12.4. The molecule has 0 fully saturated rings. The van der Waals surface area contributed by atoms with Crippen LogP contribution in [0.25, 0.3) is 0 Å². The summed E-state index contributed by atoms with van der Waals surface area (Å²) in [6, 6.07) is 8.60. The quantitative estimate of drug-likeness (QED) is 0.827. The molecule has 0 spiro atoms. The van der Waals surface area contributed by atoms with Crippen molar-refractivity contribution in [2.75, 3.05) is 7.11 Å². The summed E-state index contributed by atoms with van der Waals surface area (Å²) in [7, 11) is -3.05. The lowest BCUT2D eigenvalue weighted by Gasteiger charge is -2.09. The standard InChI is InChI=1S/C14H13NO6S/c1-20-14(17)11-6-2-3-7-12(11)22(18,19)15-13(16)9-10-5-4-8-21-10/h2-8H,9H2,1H3,(H,15,16). The number of hydrogen-bond acceptors (Lipinski definition) is 6. The molecule has 8 heteroatoms. The Bertz CT molecular complexity index is 779. The average Bonchev–Trinajstić information content (AvgIpc) is 2.98. The van der Waals surface area contributed by atoms with E-state index in [0.29, 0.717) is 5.76 Å². The fraction of sp³-hybridized carbons (Fsp3) is 0.143. The number of benzene rings is 1. The van der Waals surface area contributed by atoms with Crippen molar-refractivity contribution >= 4 is 21.9 Å². The van der Waals surface area contributed by atoms with E-state index in [1.54, 1.807) is 12.1 Å². The summed E-state index contributed by atoms with van der Waals surface area (Å²) in [4.78, 5) is 23.1. The topological polar surface area (TPSA) is 103 Å². The molecule has 0 radical (unpaired) electrons. The molecule has 0 saturated carbocycles. The molecule has 1 aromatic heterocycles. The van der Waals surface area contributed by atoms with Crippen molar-refractivity contribution in [3.05, 3.63) is 54.0 Å². The highest BCUT2D eigenvalue weighted by Crippen LogP contribution is 2.16. The maximum atomic E-state index is 12.2. The Balaban J connectivity index is 2.24. The Kier molecular flexibility index (Phi) is 4.62. The van der Waals surface area contributed by atoms with Crippen LogP contribution in [-0.2, 0) is 26.0 Å². The van der Waals surface area contributed by atoms with Gasteiger partial charge in [-0.2, -0.15) is 0 Å². The highest BCUT2D eigenvalue weighted by Gasteiger charge is 2.24. The maximum absolute atomic E-state index is 12.2. The molecule has 0 aliphatic carbocycles. The minimum atomic E-state index is -4.19. The first kappa shape index (κ1) is 15.8. The monoisotopic (exact) mass is 323 g/mol. The van der Waals surface area contributed by atoms with Crippen LogP contribution < -0.4 is 4.72 Å². The number of furan rings is 1. The Hall–Kier alpha value is -2.61. The molecule has 0 atom stereocenters. The second-order valence-corrected chi connectivity index (χ2v) is 5.92. The Morgan fingerprint density at radius 3 is 2.55 bits per heavy atom. The van der Waals surface area contributed by atoms with E-state index in [1.165, 1.54) is 30.5 Å². The van der Waals surface area contributed by atoms with Crippen LogP contribution in [0.3, 0.4) is 0 Å². The highest BCUT2D eigenvalue weighted by molar-refractivity contribution is 7.90. The minimum absolute atomic E-state index is 0.150. The molecule has 116 valence electrons. The molecule has 1 aromatic carbocycles. The van der Waals surface area contributed by atoms with Gasteiger partial charge in [-0.05, 0) is 24.3 Å². The van der Waals surface area contributed by atoms with Crippen LogP contribution in [0.15, 0.2) is 52.0 Å². The van der Waals surface area contributed by atoms with E-state index in [4.69, 9.17) is 4.42 Å². The third-order valence-electron chi connectivity index (χ3n) is 2.74. The molecule has 22 heavy (non-hydrogen) atoms. The van der Waals surface area contributed by atoms with Crippen molar-refractivity contribution in [2.24, 2.45) is 0 Å². The van der Waals surface area contributed by atoms with E-state index >= 15 is 0 Å². The minimum Gasteiger partial charge on any atom is -0.469 e. The van der Waals surface area contributed by atoms with Crippen molar-refractivity contribution in [2.45, 2.75) is 11.3 Å². The van der Waals surface area contributed by atoms with Crippen LogP contribution >= 0.6 is 0 Å². The summed E-state index contributed by atoms with van der Waals surface area (Å²) in [5, 5.41) is 0. The Morgan fingerprint density at radius 1 is 1.18 bits per heavy atom. The number of carbonyl (C=O) groups is 2. The fourth-order valence-electron chi connectivity index (χ4n) is 1.79. The normalized spacial score (nSPS) is 11.0. The SMILES string of the molecule is COC(=O)c1ccccc1S(=O)(=O)NC(=O)Cc1ccco1. The van der Waals surface area contributed by atoms with E-state index in [-0.39, 0.29) is 16.9 Å². The number of sulfonamides is 1. The Labute approximate surface area is 126 Å². The number of carbonyl (C=O) groups excluding carboxylic acids is 2. The molecule has 2 aromatic rings. The van der Waals surface area contributed by atoms with Gasteiger partial charge in [0.05, 0.1) is 25.4 Å². The number of methoxy groups -OCH3 is 1. The predicted octanol–water partition coefficient (Wildman–Crippen LogP) is 1.11. The lowest BCUT2D eigenvalue weighted by Crippen LogP contribution is -2.32. The summed E-state index contributed by atoms with van der Waals surface area (Å²) in [5.41, 5.74) is -0.150. The van der Waals surface area contributed by atoms with Gasteiger partial charge in [-0.1, -0.05) is 12.1 Å². The van der Waals surface area contributed by atoms with Crippen molar-refractivity contribution < 1.29 is 27.2 Å². The van der Waals surface area contributed by atoms with Crippen molar-refractivity contribution in [1.82, 2.24) is 4.72 Å². The number of nitrogens with one attached hydrogen (secondary N) is 1. The van der Waals surface area contributed by atoms with Gasteiger partial charge < -0.3 is 9.15 Å². The average molecular weight is 323 g/mol. The molecule has 1 amide bonds. The maximum Gasteiger partial charge on any atom is 0.339 e. The molecule has 7 nitrogen and oxygen atoms in total. The first-order valence-electron chi connectivity index (χ1n) is 6.19. The van der Waals surface area contributed by atoms with Gasteiger partial charge in [0.15, 0.2) is 0 Å². The van der Waals surface area contributed by atoms with E-state index in [2.05, 4.69) is 4.74 Å². The van der Waals surface area contributed by atoms with Crippen LogP contribution in [0.2, 0.25) is 0 Å². The fourth-order valence-corrected chi connectivity index (χ4v) is 2.97. The molecular weight excluding hydrogens is 310 g/mol. The van der Waals surface area contributed by atoms with E-state index in [1.807, 2.05) is 4.72 Å². The van der Waals surface area contributed by atoms with Crippen molar-refractivity contribution in [3.8, 4) is 0 Å². The summed E-state index contributed by atoms with van der Waals surface area (Å²) in [6.45, 7) is 0. The van der Waals surface area contributed by atoms with E-state index < -0.39 is 21.9 Å². The summed E-state index contributed by atoms with van der Waals surface area (Å²) in [6.07, 6.45) is 1.15. The van der Waals surface area contributed by atoms with Crippen LogP contribution in [0.5, 0.6) is 0 Å². The van der Waals surface area contributed by atoms with Gasteiger partial charge in [-0.25, -0.2) is 17.9 Å². The van der Waals surface area contributed by atoms with Crippen LogP contribution in [-0.4, -0.2) is 27.4 Å². The largest absolute Gasteiger partial charge is 0.469 e. The molecule has 0 aliphatic rings. The number of amides is 1. The number of esters is 1. The number of rotatable bonds is 5. The number of hydrogen-bond donors (Lipinski definition) is 1. The molecule has 1 heterocycles. The predicted molar refractivity (Wildman–Crippen MR) is 75.5 cm³/mol. The summed E-state index contributed by atoms with van der Waals surface area (Å²) >= 11 is 0. The molecular formula is C14H13NO6S. The molecule has 1 N–H and O–H groups in total. The van der Waals surface area contributed by atoms with E-state index in [9.17, 15) is 18.0 Å². The summed E-state index contributed by atoms with van der Waals surface area (Å²) < 4.78 is 35.9. The third kappa shape index (κ3) is 3.53. The van der Waals surface area contributed by atoms with Gasteiger partial charge in [-0.3, -0.25) is 4.79 Å². The third-order valence-corrected chi connectivity index (χ3v) is 4.18. The van der Waals surface area contributed by atoms with Gasteiger partial charge in [0.25, 0.3) is 10.0 Å². The molecule has 0 bridgehead atoms. The van der Waals surface area contributed by atoms with Crippen LogP contribution in [0.4, 0.5) is 0 Å². The molecule has 0 saturated heterocycles. The van der Waals surface area contributed by atoms with Crippen LogP contribution in [0, 0.1) is 0 Å². The smallest absolute Gasteiger partial charge is 0.339 e. The van der Waals surface area contributed by atoms with Gasteiger partial charge in [0.1, 0.15) is 10.7 Å². The lowest BCUT2D eigenvalue weighted by atomic mass is 10.2. The van der Waals surface area contributed by atoms with Crippen molar-refractivity contribution in [1.29, 1.82) is 0 Å². The number of ether oxygens (including phenoxy) is 1. The Morgan fingerprint density at radius 2 is 1.91 bits per heavy atom. The van der Waals surface area contributed by atoms with Crippen molar-refractivity contribution in [3.63, 3.8) is 0 Å². The first-order chi connectivity index (χ1) is 10.4. The van der Waals surface area contributed by atoms with Crippen LogP contribution in [0.1, 0.15) is 16.1 Å². The van der Waals surface area contributed by atoms with Gasteiger partial charge in [-0.15, -0.1) is 0 Å². The zero-order chi connectivity index (χ0) is 16.2.